The SMILES string of the molecule is O=C(Cc1ccc(CC2CCNC2)cc1)N1CCN(c2ccc(F)cc2F)CC1. The van der Waals surface area contributed by atoms with Crippen LogP contribution in [0.1, 0.15) is 17.5 Å². The zero-order valence-electron chi connectivity index (χ0n) is 16.5. The lowest BCUT2D eigenvalue weighted by Gasteiger charge is -2.36. The molecule has 0 radical (unpaired) electrons. The molecule has 1 amide bonds. The second kappa shape index (κ2) is 8.91. The van der Waals surface area contributed by atoms with Gasteiger partial charge < -0.3 is 15.1 Å². The van der Waals surface area contributed by atoms with Crippen molar-refractivity contribution in [3.8, 4) is 0 Å². The first-order chi connectivity index (χ1) is 14.1. The summed E-state index contributed by atoms with van der Waals surface area (Å²) in [5.74, 6) is -0.328. The van der Waals surface area contributed by atoms with Gasteiger partial charge in [-0.3, -0.25) is 4.79 Å². The summed E-state index contributed by atoms with van der Waals surface area (Å²) in [6.45, 7) is 4.38. The lowest BCUT2D eigenvalue weighted by molar-refractivity contribution is -0.130. The van der Waals surface area contributed by atoms with Gasteiger partial charge in [-0.15, -0.1) is 0 Å². The molecule has 1 unspecified atom stereocenters. The maximum atomic E-state index is 14.0. The Morgan fingerprint density at radius 2 is 1.72 bits per heavy atom. The van der Waals surface area contributed by atoms with E-state index >= 15 is 0 Å². The summed E-state index contributed by atoms with van der Waals surface area (Å²) in [6.07, 6.45) is 2.70. The molecule has 0 aliphatic carbocycles. The molecule has 29 heavy (non-hydrogen) atoms. The Bertz CT molecular complexity index is 842. The summed E-state index contributed by atoms with van der Waals surface area (Å²) in [5.41, 5.74) is 2.74. The molecule has 0 saturated carbocycles. The number of carbonyl (C=O) groups is 1. The first-order valence-corrected chi connectivity index (χ1v) is 10.3. The van der Waals surface area contributed by atoms with Crippen LogP contribution in [0.4, 0.5) is 14.5 Å². The number of carbonyl (C=O) groups excluding carboxylic acids is 1. The van der Waals surface area contributed by atoms with Gasteiger partial charge in [0.2, 0.25) is 5.91 Å². The molecule has 2 aromatic carbocycles. The Morgan fingerprint density at radius 3 is 2.38 bits per heavy atom. The second-order valence-electron chi connectivity index (χ2n) is 8.02. The van der Waals surface area contributed by atoms with Crippen molar-refractivity contribution in [1.29, 1.82) is 0 Å². The maximum absolute atomic E-state index is 14.0. The third kappa shape index (κ3) is 4.93. The van der Waals surface area contributed by atoms with Gasteiger partial charge in [-0.1, -0.05) is 24.3 Å². The van der Waals surface area contributed by atoms with Crippen LogP contribution in [-0.4, -0.2) is 50.1 Å². The van der Waals surface area contributed by atoms with Gasteiger partial charge in [0.05, 0.1) is 12.1 Å². The van der Waals surface area contributed by atoms with Crippen LogP contribution in [0.3, 0.4) is 0 Å². The normalized spacial score (nSPS) is 19.6. The molecule has 4 rings (SSSR count). The maximum Gasteiger partial charge on any atom is 0.227 e. The zero-order valence-corrected chi connectivity index (χ0v) is 16.5. The zero-order chi connectivity index (χ0) is 20.2. The van der Waals surface area contributed by atoms with Crippen LogP contribution >= 0.6 is 0 Å². The van der Waals surface area contributed by atoms with Gasteiger partial charge in [0, 0.05) is 32.2 Å². The predicted octanol–water partition coefficient (Wildman–Crippen LogP) is 3.01. The molecular weight excluding hydrogens is 372 g/mol. The number of rotatable bonds is 5. The predicted molar refractivity (Wildman–Crippen MR) is 110 cm³/mol. The Hall–Kier alpha value is -2.47. The minimum atomic E-state index is -0.578. The van der Waals surface area contributed by atoms with E-state index in [1.165, 1.54) is 24.1 Å². The Labute approximate surface area is 170 Å². The van der Waals surface area contributed by atoms with E-state index in [0.29, 0.717) is 44.2 Å². The molecule has 6 heteroatoms. The van der Waals surface area contributed by atoms with E-state index in [0.717, 1.165) is 31.1 Å². The molecule has 2 aliphatic heterocycles. The average molecular weight is 399 g/mol. The van der Waals surface area contributed by atoms with Crippen LogP contribution in [-0.2, 0) is 17.6 Å². The van der Waals surface area contributed by atoms with E-state index < -0.39 is 11.6 Å². The van der Waals surface area contributed by atoms with Gasteiger partial charge in [0.15, 0.2) is 0 Å². The summed E-state index contributed by atoms with van der Waals surface area (Å²) in [6, 6.07) is 12.0. The minimum Gasteiger partial charge on any atom is -0.366 e. The molecule has 2 aliphatic rings. The number of amides is 1. The summed E-state index contributed by atoms with van der Waals surface area (Å²) >= 11 is 0. The molecule has 0 bridgehead atoms. The molecule has 2 heterocycles. The highest BCUT2D eigenvalue weighted by Gasteiger charge is 2.23. The molecule has 0 aromatic heterocycles. The van der Waals surface area contributed by atoms with Crippen molar-refractivity contribution in [3.05, 3.63) is 65.2 Å². The molecule has 2 aromatic rings. The Balaban J connectivity index is 1.28. The molecule has 154 valence electrons. The quantitative estimate of drug-likeness (QED) is 0.840. The standard InChI is InChI=1S/C23H27F2N3O/c24-20-5-6-22(21(25)15-20)27-9-11-28(12-10-27)23(29)14-18-3-1-17(2-4-18)13-19-7-8-26-16-19/h1-6,15,19,26H,7-14,16H2. The monoisotopic (exact) mass is 399 g/mol. The number of nitrogens with zero attached hydrogens (tertiary/aromatic N) is 2. The average Bonchev–Trinajstić information content (AvgIpc) is 3.23. The third-order valence-electron chi connectivity index (χ3n) is 5.95. The Morgan fingerprint density at radius 1 is 1.00 bits per heavy atom. The van der Waals surface area contributed by atoms with Crippen LogP contribution in [0.2, 0.25) is 0 Å². The van der Waals surface area contributed by atoms with Gasteiger partial charge in [0.25, 0.3) is 0 Å². The van der Waals surface area contributed by atoms with Crippen molar-refractivity contribution in [2.45, 2.75) is 19.3 Å². The van der Waals surface area contributed by atoms with Gasteiger partial charge in [-0.05, 0) is 55.1 Å². The highest BCUT2D eigenvalue weighted by atomic mass is 19.1. The lowest BCUT2D eigenvalue weighted by Crippen LogP contribution is -2.49. The van der Waals surface area contributed by atoms with Gasteiger partial charge in [-0.2, -0.15) is 0 Å². The second-order valence-corrected chi connectivity index (χ2v) is 8.02. The van der Waals surface area contributed by atoms with Crippen molar-refractivity contribution < 1.29 is 13.6 Å². The number of piperazine rings is 1. The van der Waals surface area contributed by atoms with E-state index in [9.17, 15) is 13.6 Å². The highest BCUT2D eigenvalue weighted by Crippen LogP contribution is 2.22. The summed E-state index contributed by atoms with van der Waals surface area (Å²) in [4.78, 5) is 16.4. The van der Waals surface area contributed by atoms with E-state index in [-0.39, 0.29) is 5.91 Å². The molecule has 4 nitrogen and oxygen atoms in total. The number of hydrogen-bond donors (Lipinski definition) is 1. The molecule has 1 atom stereocenters. The number of nitrogens with one attached hydrogen (secondary N) is 1. The van der Waals surface area contributed by atoms with Crippen LogP contribution in [0.15, 0.2) is 42.5 Å². The summed E-state index contributed by atoms with van der Waals surface area (Å²) < 4.78 is 27.1. The lowest BCUT2D eigenvalue weighted by atomic mass is 9.97. The number of halogens is 2. The largest absolute Gasteiger partial charge is 0.366 e. The Kier molecular flexibility index (Phi) is 6.09. The number of benzene rings is 2. The van der Waals surface area contributed by atoms with Gasteiger partial charge in [-0.25, -0.2) is 8.78 Å². The minimum absolute atomic E-state index is 0.0944. The number of hydrogen-bond acceptors (Lipinski definition) is 3. The highest BCUT2D eigenvalue weighted by molar-refractivity contribution is 5.79. The summed E-state index contributed by atoms with van der Waals surface area (Å²) in [5, 5.41) is 3.39. The van der Waals surface area contributed by atoms with Crippen molar-refractivity contribution in [2.75, 3.05) is 44.2 Å². The fraction of sp³-hybridized carbons (Fsp3) is 0.435. The van der Waals surface area contributed by atoms with E-state index in [1.54, 1.807) is 0 Å². The molecular formula is C23H27F2N3O. The van der Waals surface area contributed by atoms with Gasteiger partial charge >= 0.3 is 0 Å². The topological polar surface area (TPSA) is 35.6 Å². The summed E-state index contributed by atoms with van der Waals surface area (Å²) in [7, 11) is 0. The van der Waals surface area contributed by atoms with Crippen LogP contribution < -0.4 is 10.2 Å². The molecule has 2 saturated heterocycles. The smallest absolute Gasteiger partial charge is 0.227 e. The molecule has 0 spiro atoms. The van der Waals surface area contributed by atoms with Crippen molar-refractivity contribution >= 4 is 11.6 Å². The molecule has 2 fully saturated rings. The van der Waals surface area contributed by atoms with E-state index in [2.05, 4.69) is 29.6 Å². The number of anilines is 1. The first-order valence-electron chi connectivity index (χ1n) is 10.3. The van der Waals surface area contributed by atoms with Gasteiger partial charge in [0.1, 0.15) is 11.6 Å². The van der Waals surface area contributed by atoms with E-state index in [4.69, 9.17) is 0 Å². The van der Waals surface area contributed by atoms with Crippen molar-refractivity contribution in [3.63, 3.8) is 0 Å². The van der Waals surface area contributed by atoms with Crippen LogP contribution in [0, 0.1) is 17.6 Å². The fourth-order valence-electron chi connectivity index (χ4n) is 4.24. The fourth-order valence-corrected chi connectivity index (χ4v) is 4.24. The van der Waals surface area contributed by atoms with Crippen LogP contribution in [0.5, 0.6) is 0 Å². The van der Waals surface area contributed by atoms with Crippen molar-refractivity contribution in [2.24, 2.45) is 5.92 Å². The third-order valence-corrected chi connectivity index (χ3v) is 5.95. The first kappa shape index (κ1) is 19.8. The van der Waals surface area contributed by atoms with Crippen molar-refractivity contribution in [1.82, 2.24) is 10.2 Å². The van der Waals surface area contributed by atoms with E-state index in [1.807, 2.05) is 9.80 Å². The van der Waals surface area contributed by atoms with Crippen LogP contribution in [0.25, 0.3) is 0 Å². The molecule has 1 N–H and O–H groups in total.